The van der Waals surface area contributed by atoms with Gasteiger partial charge in [0.1, 0.15) is 0 Å². The number of hydrogen-bond donors (Lipinski definition) is 0. The van der Waals surface area contributed by atoms with Crippen LogP contribution in [-0.4, -0.2) is 19.4 Å². The van der Waals surface area contributed by atoms with E-state index < -0.39 is 9.84 Å². The van der Waals surface area contributed by atoms with Crippen molar-refractivity contribution in [1.82, 2.24) is 0 Å². The summed E-state index contributed by atoms with van der Waals surface area (Å²) in [6.45, 7) is 4.40. The van der Waals surface area contributed by atoms with Crippen LogP contribution in [0.2, 0.25) is 0 Å². The maximum atomic E-state index is 12.2. The second-order valence-electron chi connectivity index (χ2n) is 5.78. The Labute approximate surface area is 131 Å². The van der Waals surface area contributed by atoms with Crippen molar-refractivity contribution in [2.75, 3.05) is 5.75 Å². The molecule has 4 heteroatoms. The number of alkyl halides is 1. The third-order valence-electron chi connectivity index (χ3n) is 4.39. The second kappa shape index (κ2) is 6.61. The van der Waals surface area contributed by atoms with Gasteiger partial charge in [-0.25, -0.2) is 8.42 Å². The molecular formula is C16H23BrO2S. The van der Waals surface area contributed by atoms with Crippen LogP contribution < -0.4 is 0 Å². The van der Waals surface area contributed by atoms with Crippen molar-refractivity contribution < 1.29 is 8.42 Å². The molecule has 1 saturated heterocycles. The highest BCUT2D eigenvalue weighted by atomic mass is 79.9. The zero-order chi connectivity index (χ0) is 14.8. The number of rotatable bonds is 4. The van der Waals surface area contributed by atoms with E-state index in [0.717, 1.165) is 31.2 Å². The van der Waals surface area contributed by atoms with E-state index in [2.05, 4.69) is 54.0 Å². The molecule has 20 heavy (non-hydrogen) atoms. The van der Waals surface area contributed by atoms with Crippen molar-refractivity contribution in [3.05, 3.63) is 35.4 Å². The summed E-state index contributed by atoms with van der Waals surface area (Å²) < 4.78 is 24.4. The molecule has 3 atom stereocenters. The minimum absolute atomic E-state index is 0.0845. The normalized spacial score (nSPS) is 25.1. The Balaban J connectivity index is 2.18. The van der Waals surface area contributed by atoms with Gasteiger partial charge in [0.25, 0.3) is 0 Å². The molecule has 0 aromatic heterocycles. The van der Waals surface area contributed by atoms with Gasteiger partial charge >= 0.3 is 0 Å². The Kier molecular flexibility index (Phi) is 5.30. The Morgan fingerprint density at radius 1 is 1.20 bits per heavy atom. The molecule has 1 aliphatic rings. The Bertz CT molecular complexity index is 536. The van der Waals surface area contributed by atoms with E-state index in [1.807, 2.05) is 0 Å². The predicted molar refractivity (Wildman–Crippen MR) is 88.2 cm³/mol. The SMILES string of the molecule is CCC(C)c1ccc(C(Br)C2CCCCS2(=O)=O)cc1. The molecule has 112 valence electrons. The van der Waals surface area contributed by atoms with Crippen LogP contribution in [0.25, 0.3) is 0 Å². The fourth-order valence-electron chi connectivity index (χ4n) is 2.77. The first-order valence-corrected chi connectivity index (χ1v) is 10.0. The molecular weight excluding hydrogens is 336 g/mol. The van der Waals surface area contributed by atoms with Crippen molar-refractivity contribution in [2.45, 2.75) is 55.5 Å². The number of halogens is 1. The summed E-state index contributed by atoms with van der Waals surface area (Å²) in [5.74, 6) is 0.890. The summed E-state index contributed by atoms with van der Waals surface area (Å²) in [6, 6.07) is 8.41. The maximum absolute atomic E-state index is 12.2. The van der Waals surface area contributed by atoms with E-state index in [1.165, 1.54) is 5.56 Å². The average Bonchev–Trinajstić information content (AvgIpc) is 2.45. The van der Waals surface area contributed by atoms with Crippen molar-refractivity contribution in [2.24, 2.45) is 0 Å². The van der Waals surface area contributed by atoms with Gasteiger partial charge in [-0.3, -0.25) is 0 Å². The van der Waals surface area contributed by atoms with Crippen molar-refractivity contribution in [3.63, 3.8) is 0 Å². The first kappa shape index (κ1) is 16.0. The van der Waals surface area contributed by atoms with E-state index >= 15 is 0 Å². The number of benzene rings is 1. The lowest BCUT2D eigenvalue weighted by Crippen LogP contribution is -2.31. The highest BCUT2D eigenvalue weighted by molar-refractivity contribution is 9.09. The zero-order valence-electron chi connectivity index (χ0n) is 12.2. The van der Waals surface area contributed by atoms with Crippen LogP contribution in [-0.2, 0) is 9.84 Å². The van der Waals surface area contributed by atoms with Gasteiger partial charge in [0.2, 0.25) is 0 Å². The highest BCUT2D eigenvalue weighted by Crippen LogP contribution is 2.37. The largest absolute Gasteiger partial charge is 0.228 e. The highest BCUT2D eigenvalue weighted by Gasteiger charge is 2.34. The van der Waals surface area contributed by atoms with Gasteiger partial charge in [0.05, 0.1) is 15.8 Å². The lowest BCUT2D eigenvalue weighted by Gasteiger charge is -2.27. The lowest BCUT2D eigenvalue weighted by atomic mass is 9.96. The van der Waals surface area contributed by atoms with Gasteiger partial charge < -0.3 is 0 Å². The van der Waals surface area contributed by atoms with Crippen molar-refractivity contribution >= 4 is 25.8 Å². The molecule has 2 nitrogen and oxygen atoms in total. The van der Waals surface area contributed by atoms with Gasteiger partial charge in [-0.1, -0.05) is 60.5 Å². The summed E-state index contributed by atoms with van der Waals surface area (Å²) in [5, 5.41) is -0.273. The molecule has 1 aromatic rings. The number of hydrogen-bond acceptors (Lipinski definition) is 2. The second-order valence-corrected chi connectivity index (χ2v) is 9.10. The molecule has 1 aliphatic heterocycles. The molecule has 1 aromatic carbocycles. The summed E-state index contributed by atoms with van der Waals surface area (Å²) in [6.07, 6.45) is 3.71. The van der Waals surface area contributed by atoms with Gasteiger partial charge in [-0.15, -0.1) is 0 Å². The van der Waals surface area contributed by atoms with Crippen molar-refractivity contribution in [1.29, 1.82) is 0 Å². The Hall–Kier alpha value is -0.350. The molecule has 3 unspecified atom stereocenters. The van der Waals surface area contributed by atoms with Crippen LogP contribution in [0, 0.1) is 0 Å². The molecule has 1 heterocycles. The van der Waals surface area contributed by atoms with Crippen molar-refractivity contribution in [3.8, 4) is 0 Å². The molecule has 0 spiro atoms. The Morgan fingerprint density at radius 2 is 1.80 bits per heavy atom. The molecule has 0 amide bonds. The quantitative estimate of drug-likeness (QED) is 0.736. The first-order chi connectivity index (χ1) is 9.45. The lowest BCUT2D eigenvalue weighted by molar-refractivity contribution is 0.537. The first-order valence-electron chi connectivity index (χ1n) is 7.41. The predicted octanol–water partition coefficient (Wildman–Crippen LogP) is 4.60. The molecule has 1 fully saturated rings. The fraction of sp³-hybridized carbons (Fsp3) is 0.625. The van der Waals surface area contributed by atoms with Gasteiger partial charge in [0, 0.05) is 0 Å². The summed E-state index contributed by atoms with van der Waals surface area (Å²) >= 11 is 3.62. The van der Waals surface area contributed by atoms with Crippen LogP contribution in [0.1, 0.15) is 61.4 Å². The molecule has 0 N–H and O–H groups in total. The van der Waals surface area contributed by atoms with E-state index in [-0.39, 0.29) is 10.1 Å². The van der Waals surface area contributed by atoms with E-state index in [0.29, 0.717) is 11.7 Å². The van der Waals surface area contributed by atoms with Gasteiger partial charge in [-0.05, 0) is 36.3 Å². The van der Waals surface area contributed by atoms with E-state index in [9.17, 15) is 8.42 Å². The third-order valence-corrected chi connectivity index (χ3v) is 8.20. The van der Waals surface area contributed by atoms with Crippen LogP contribution in [0.3, 0.4) is 0 Å². The maximum Gasteiger partial charge on any atom is 0.154 e. The van der Waals surface area contributed by atoms with E-state index in [1.54, 1.807) is 0 Å². The topological polar surface area (TPSA) is 34.1 Å². The minimum Gasteiger partial charge on any atom is -0.228 e. The van der Waals surface area contributed by atoms with Crippen LogP contribution in [0.4, 0.5) is 0 Å². The monoisotopic (exact) mass is 358 g/mol. The molecule has 0 saturated carbocycles. The van der Waals surface area contributed by atoms with Gasteiger partial charge in [0.15, 0.2) is 9.84 Å². The van der Waals surface area contributed by atoms with Gasteiger partial charge in [-0.2, -0.15) is 0 Å². The molecule has 0 bridgehead atoms. The third kappa shape index (κ3) is 3.45. The zero-order valence-corrected chi connectivity index (χ0v) is 14.6. The number of sulfone groups is 1. The van der Waals surface area contributed by atoms with Crippen LogP contribution in [0.5, 0.6) is 0 Å². The average molecular weight is 359 g/mol. The Morgan fingerprint density at radius 3 is 2.35 bits per heavy atom. The molecule has 0 radical (unpaired) electrons. The summed E-state index contributed by atoms with van der Waals surface area (Å²) in [4.78, 5) is -0.0845. The minimum atomic E-state index is -2.95. The summed E-state index contributed by atoms with van der Waals surface area (Å²) in [5.41, 5.74) is 2.40. The van der Waals surface area contributed by atoms with Crippen LogP contribution in [0.15, 0.2) is 24.3 Å². The smallest absolute Gasteiger partial charge is 0.154 e. The molecule has 0 aliphatic carbocycles. The summed E-state index contributed by atoms with van der Waals surface area (Å²) in [7, 11) is -2.95. The van der Waals surface area contributed by atoms with E-state index in [4.69, 9.17) is 0 Å². The standard InChI is InChI=1S/C16H23BrO2S/c1-3-12(2)13-7-9-14(10-8-13)16(17)15-6-4-5-11-20(15,18)19/h7-10,12,15-16H,3-6,11H2,1-2H3. The fourth-order valence-corrected chi connectivity index (χ4v) is 6.28. The molecule has 2 rings (SSSR count). The van der Waals surface area contributed by atoms with Crippen LogP contribution >= 0.6 is 15.9 Å².